The highest BCUT2D eigenvalue weighted by Crippen LogP contribution is 2.38. The van der Waals surface area contributed by atoms with Crippen LogP contribution in [0.4, 0.5) is 0 Å². The van der Waals surface area contributed by atoms with Gasteiger partial charge < -0.3 is 19.5 Å². The van der Waals surface area contributed by atoms with E-state index in [0.717, 1.165) is 11.1 Å². The molecule has 0 aromatic heterocycles. The number of benzene rings is 1. The van der Waals surface area contributed by atoms with Gasteiger partial charge in [0, 0.05) is 14.2 Å². The topological polar surface area (TPSA) is 76.1 Å². The summed E-state index contributed by atoms with van der Waals surface area (Å²) in [6.07, 6.45) is -0.652. The molecule has 0 saturated heterocycles. The molecule has 1 N–H and O–H groups in total. The quantitative estimate of drug-likeness (QED) is 0.768. The zero-order valence-corrected chi connectivity index (χ0v) is 15.3. The average Bonchev–Trinajstić information content (AvgIpc) is 2.84. The molecular weight excluding hydrogens is 322 g/mol. The van der Waals surface area contributed by atoms with Crippen molar-refractivity contribution in [1.29, 1.82) is 0 Å². The second-order valence-corrected chi connectivity index (χ2v) is 6.40. The Bertz CT molecular complexity index is 674. The number of ketones is 1. The number of ether oxygens (including phenoxy) is 2. The number of aliphatic hydroxyl groups is 1. The number of nitrogens with zero attached hydrogens (tertiary/aromatic N) is 1. The van der Waals surface area contributed by atoms with Gasteiger partial charge in [0.2, 0.25) is 0 Å². The summed E-state index contributed by atoms with van der Waals surface area (Å²) in [6, 6.07) is 7.06. The standard InChI is InChI=1S/C19H25NO5/c1-11(2)13-6-8-14(9-7-13)17-16(12(3)21)18(22)19(23)20(17)10-15(24-4)25-5/h6-9,11,15,17,22H,10H2,1-5H3. The molecule has 0 aliphatic carbocycles. The summed E-state index contributed by atoms with van der Waals surface area (Å²) in [5, 5.41) is 10.2. The van der Waals surface area contributed by atoms with E-state index >= 15 is 0 Å². The number of amides is 1. The highest BCUT2D eigenvalue weighted by atomic mass is 16.7. The number of hydrogen-bond acceptors (Lipinski definition) is 5. The first-order chi connectivity index (χ1) is 11.8. The number of carbonyl (C=O) groups excluding carboxylic acids is 2. The van der Waals surface area contributed by atoms with E-state index in [2.05, 4.69) is 13.8 Å². The highest BCUT2D eigenvalue weighted by molar-refractivity contribution is 6.08. The van der Waals surface area contributed by atoms with Gasteiger partial charge in [0.25, 0.3) is 5.91 Å². The fourth-order valence-electron chi connectivity index (χ4n) is 3.02. The van der Waals surface area contributed by atoms with Crippen molar-refractivity contribution in [3.05, 3.63) is 46.7 Å². The number of Topliss-reactive ketones (excluding diaryl/α,β-unsaturated/α-hetero) is 1. The van der Waals surface area contributed by atoms with Crippen molar-refractivity contribution in [3.8, 4) is 0 Å². The van der Waals surface area contributed by atoms with Gasteiger partial charge in [-0.25, -0.2) is 0 Å². The van der Waals surface area contributed by atoms with Crippen LogP contribution in [0.2, 0.25) is 0 Å². The summed E-state index contributed by atoms with van der Waals surface area (Å²) in [7, 11) is 2.95. The Balaban J connectivity index is 2.45. The molecular formula is C19H25NO5. The molecule has 0 bridgehead atoms. The fourth-order valence-corrected chi connectivity index (χ4v) is 3.02. The Hall–Kier alpha value is -2.18. The smallest absolute Gasteiger partial charge is 0.290 e. The molecule has 2 rings (SSSR count). The Labute approximate surface area is 148 Å². The van der Waals surface area contributed by atoms with Crippen LogP contribution in [0.1, 0.15) is 43.9 Å². The summed E-state index contributed by atoms with van der Waals surface area (Å²) >= 11 is 0. The lowest BCUT2D eigenvalue weighted by atomic mass is 9.94. The van der Waals surface area contributed by atoms with Crippen molar-refractivity contribution in [3.63, 3.8) is 0 Å². The van der Waals surface area contributed by atoms with E-state index in [4.69, 9.17) is 9.47 Å². The van der Waals surface area contributed by atoms with E-state index in [0.29, 0.717) is 5.92 Å². The van der Waals surface area contributed by atoms with Crippen LogP contribution in [0, 0.1) is 0 Å². The summed E-state index contributed by atoms with van der Waals surface area (Å²) in [5.41, 5.74) is 2.02. The van der Waals surface area contributed by atoms with Crippen molar-refractivity contribution in [2.45, 2.75) is 39.0 Å². The minimum absolute atomic E-state index is 0.100. The van der Waals surface area contributed by atoms with Crippen LogP contribution in [0.15, 0.2) is 35.6 Å². The van der Waals surface area contributed by atoms with Crippen molar-refractivity contribution in [2.24, 2.45) is 0 Å². The SMILES string of the molecule is COC(CN1C(=O)C(O)=C(C(C)=O)C1c1ccc(C(C)C)cc1)OC. The predicted molar refractivity (Wildman–Crippen MR) is 93.1 cm³/mol. The Morgan fingerprint density at radius 2 is 1.76 bits per heavy atom. The normalized spacial score (nSPS) is 18.0. The van der Waals surface area contributed by atoms with Crippen LogP contribution in [-0.4, -0.2) is 48.8 Å². The molecule has 1 amide bonds. The van der Waals surface area contributed by atoms with Crippen LogP contribution in [0.3, 0.4) is 0 Å². The molecule has 0 spiro atoms. The summed E-state index contributed by atoms with van der Waals surface area (Å²) in [5.74, 6) is -1.06. The van der Waals surface area contributed by atoms with E-state index < -0.39 is 24.0 Å². The molecule has 6 nitrogen and oxygen atoms in total. The Kier molecular flexibility index (Phi) is 5.98. The summed E-state index contributed by atoms with van der Waals surface area (Å²) in [4.78, 5) is 26.0. The molecule has 1 aromatic rings. The van der Waals surface area contributed by atoms with Gasteiger partial charge in [-0.2, -0.15) is 0 Å². The van der Waals surface area contributed by atoms with Crippen molar-refractivity contribution in [2.75, 3.05) is 20.8 Å². The van der Waals surface area contributed by atoms with Crippen LogP contribution in [-0.2, 0) is 19.1 Å². The zero-order valence-electron chi connectivity index (χ0n) is 15.3. The maximum absolute atomic E-state index is 12.5. The third-order valence-corrected chi connectivity index (χ3v) is 4.47. The maximum Gasteiger partial charge on any atom is 0.290 e. The molecule has 6 heteroatoms. The first kappa shape index (κ1) is 19.1. The fraction of sp³-hybridized carbons (Fsp3) is 0.474. The largest absolute Gasteiger partial charge is 0.503 e. The van der Waals surface area contributed by atoms with Crippen LogP contribution < -0.4 is 0 Å². The number of hydrogen-bond donors (Lipinski definition) is 1. The second kappa shape index (κ2) is 7.80. The van der Waals surface area contributed by atoms with Crippen molar-refractivity contribution < 1.29 is 24.2 Å². The molecule has 136 valence electrons. The van der Waals surface area contributed by atoms with E-state index in [-0.39, 0.29) is 17.9 Å². The van der Waals surface area contributed by atoms with E-state index in [1.807, 2.05) is 24.3 Å². The molecule has 1 aliphatic heterocycles. The molecule has 25 heavy (non-hydrogen) atoms. The summed E-state index contributed by atoms with van der Waals surface area (Å²) in [6.45, 7) is 5.63. The minimum Gasteiger partial charge on any atom is -0.503 e. The van der Waals surface area contributed by atoms with Crippen molar-refractivity contribution in [1.82, 2.24) is 4.90 Å². The van der Waals surface area contributed by atoms with Gasteiger partial charge in [-0.1, -0.05) is 38.1 Å². The predicted octanol–water partition coefficient (Wildman–Crippen LogP) is 2.71. The molecule has 0 fully saturated rings. The monoisotopic (exact) mass is 347 g/mol. The molecule has 0 radical (unpaired) electrons. The lowest BCUT2D eigenvalue weighted by Gasteiger charge is -2.29. The number of rotatable bonds is 7. The van der Waals surface area contributed by atoms with Crippen LogP contribution in [0.5, 0.6) is 0 Å². The van der Waals surface area contributed by atoms with E-state index in [1.165, 1.54) is 26.0 Å². The van der Waals surface area contributed by atoms with Gasteiger partial charge in [-0.3, -0.25) is 9.59 Å². The molecule has 1 aromatic carbocycles. The molecule has 1 atom stereocenters. The van der Waals surface area contributed by atoms with Gasteiger partial charge in [0.05, 0.1) is 18.2 Å². The number of carbonyl (C=O) groups is 2. The number of methoxy groups -OCH3 is 2. The van der Waals surface area contributed by atoms with Gasteiger partial charge in [0.15, 0.2) is 17.8 Å². The minimum atomic E-state index is -0.654. The van der Waals surface area contributed by atoms with Crippen LogP contribution >= 0.6 is 0 Å². The molecule has 1 unspecified atom stereocenters. The Morgan fingerprint density at radius 1 is 1.20 bits per heavy atom. The van der Waals surface area contributed by atoms with Gasteiger partial charge in [0.1, 0.15) is 0 Å². The van der Waals surface area contributed by atoms with Gasteiger partial charge in [-0.05, 0) is 24.0 Å². The third kappa shape index (κ3) is 3.75. The first-order valence-electron chi connectivity index (χ1n) is 8.22. The lowest BCUT2D eigenvalue weighted by Crippen LogP contribution is -2.38. The maximum atomic E-state index is 12.5. The highest BCUT2D eigenvalue weighted by Gasteiger charge is 2.43. The van der Waals surface area contributed by atoms with Crippen LogP contribution in [0.25, 0.3) is 0 Å². The lowest BCUT2D eigenvalue weighted by molar-refractivity contribution is -0.144. The second-order valence-electron chi connectivity index (χ2n) is 6.40. The first-order valence-corrected chi connectivity index (χ1v) is 8.22. The van der Waals surface area contributed by atoms with Gasteiger partial charge in [-0.15, -0.1) is 0 Å². The van der Waals surface area contributed by atoms with E-state index in [1.54, 1.807) is 0 Å². The number of aliphatic hydroxyl groups excluding tert-OH is 1. The zero-order chi connectivity index (χ0) is 18.7. The van der Waals surface area contributed by atoms with Gasteiger partial charge >= 0.3 is 0 Å². The van der Waals surface area contributed by atoms with E-state index in [9.17, 15) is 14.7 Å². The third-order valence-electron chi connectivity index (χ3n) is 4.47. The molecule has 1 aliphatic rings. The Morgan fingerprint density at radius 3 is 2.20 bits per heavy atom. The molecule has 0 saturated carbocycles. The summed E-state index contributed by atoms with van der Waals surface area (Å²) < 4.78 is 10.3. The average molecular weight is 347 g/mol. The molecule has 1 heterocycles. The van der Waals surface area contributed by atoms with Crippen molar-refractivity contribution >= 4 is 11.7 Å².